The van der Waals surface area contributed by atoms with Gasteiger partial charge in [0.25, 0.3) is 0 Å². The van der Waals surface area contributed by atoms with Gasteiger partial charge in [-0.15, -0.1) is 6.58 Å². The molecule has 0 aliphatic heterocycles. The van der Waals surface area contributed by atoms with Crippen molar-refractivity contribution >= 4 is 0 Å². The van der Waals surface area contributed by atoms with Crippen LogP contribution in [0.1, 0.15) is 17.4 Å². The van der Waals surface area contributed by atoms with Gasteiger partial charge in [-0.2, -0.15) is 0 Å². The second kappa shape index (κ2) is 3.37. The third kappa shape index (κ3) is 1.69. The van der Waals surface area contributed by atoms with Crippen molar-refractivity contribution in [1.82, 2.24) is 5.43 Å². The third-order valence-electron chi connectivity index (χ3n) is 1.53. The van der Waals surface area contributed by atoms with Gasteiger partial charge in [0.2, 0.25) is 0 Å². The summed E-state index contributed by atoms with van der Waals surface area (Å²) in [4.78, 5) is 0. The van der Waals surface area contributed by atoms with Crippen molar-refractivity contribution < 1.29 is 4.42 Å². The molecule has 0 aliphatic carbocycles. The van der Waals surface area contributed by atoms with Crippen molar-refractivity contribution in [2.24, 2.45) is 5.84 Å². The van der Waals surface area contributed by atoms with Crippen LogP contribution < -0.4 is 11.3 Å². The van der Waals surface area contributed by atoms with Crippen molar-refractivity contribution in [3.63, 3.8) is 0 Å². The Bertz CT molecular complexity index is 242. The lowest BCUT2D eigenvalue weighted by molar-refractivity contribution is 0.527. The van der Waals surface area contributed by atoms with Gasteiger partial charge in [0.15, 0.2) is 0 Å². The van der Waals surface area contributed by atoms with Gasteiger partial charge in [-0.05, 0) is 13.0 Å². The quantitative estimate of drug-likeness (QED) is 0.389. The van der Waals surface area contributed by atoms with Gasteiger partial charge >= 0.3 is 0 Å². The number of nitrogens with one attached hydrogen (secondary N) is 1. The number of hydrogen-bond acceptors (Lipinski definition) is 3. The van der Waals surface area contributed by atoms with E-state index < -0.39 is 0 Å². The van der Waals surface area contributed by atoms with Crippen LogP contribution in [0.15, 0.2) is 29.4 Å². The number of nitrogens with two attached hydrogens (primary N) is 1. The molecule has 60 valence electrons. The summed E-state index contributed by atoms with van der Waals surface area (Å²) in [6, 6.07) is 1.90. The molecule has 0 radical (unpaired) electrons. The molecule has 0 amide bonds. The Balaban J connectivity index is 2.81. The molecule has 1 rings (SSSR count). The number of hydrogen-bond donors (Lipinski definition) is 2. The first-order chi connectivity index (χ1) is 5.27. The van der Waals surface area contributed by atoms with E-state index in [-0.39, 0.29) is 6.04 Å². The van der Waals surface area contributed by atoms with Crippen molar-refractivity contribution in [2.45, 2.75) is 13.0 Å². The fraction of sp³-hybridized carbons (Fsp3) is 0.250. The zero-order chi connectivity index (χ0) is 8.27. The standard InChI is InChI=1S/C8H12N2O/c1-3-8(10-9)7-4-6(2)11-5-7/h3-5,8,10H,1,9H2,2H3. The molecule has 3 N–H and O–H groups in total. The fourth-order valence-corrected chi connectivity index (χ4v) is 0.927. The molecular formula is C8H12N2O. The minimum absolute atomic E-state index is 0.0209. The van der Waals surface area contributed by atoms with Gasteiger partial charge in [0.1, 0.15) is 5.76 Å². The average molecular weight is 152 g/mol. The van der Waals surface area contributed by atoms with E-state index in [0.717, 1.165) is 11.3 Å². The van der Waals surface area contributed by atoms with E-state index in [9.17, 15) is 0 Å². The molecule has 0 saturated carbocycles. The maximum Gasteiger partial charge on any atom is 0.101 e. The molecule has 1 heterocycles. The van der Waals surface area contributed by atoms with Crippen LogP contribution in [-0.2, 0) is 0 Å². The highest BCUT2D eigenvalue weighted by molar-refractivity contribution is 5.19. The first kappa shape index (κ1) is 8.04. The lowest BCUT2D eigenvalue weighted by Gasteiger charge is -2.06. The maximum absolute atomic E-state index is 5.26. The number of furan rings is 1. The van der Waals surface area contributed by atoms with Crippen LogP contribution in [-0.4, -0.2) is 0 Å². The van der Waals surface area contributed by atoms with Crippen molar-refractivity contribution in [2.75, 3.05) is 0 Å². The summed E-state index contributed by atoms with van der Waals surface area (Å²) < 4.78 is 5.11. The second-order valence-electron chi connectivity index (χ2n) is 2.37. The van der Waals surface area contributed by atoms with Gasteiger partial charge in [-0.3, -0.25) is 5.84 Å². The first-order valence-corrected chi connectivity index (χ1v) is 3.41. The predicted molar refractivity (Wildman–Crippen MR) is 43.7 cm³/mol. The number of hydrazine groups is 1. The van der Waals surface area contributed by atoms with Crippen LogP contribution in [0.4, 0.5) is 0 Å². The molecule has 0 aromatic carbocycles. The van der Waals surface area contributed by atoms with Gasteiger partial charge in [-0.25, -0.2) is 5.43 Å². The Morgan fingerprint density at radius 2 is 2.55 bits per heavy atom. The lowest BCUT2D eigenvalue weighted by Crippen LogP contribution is -2.25. The normalized spacial score (nSPS) is 12.9. The third-order valence-corrected chi connectivity index (χ3v) is 1.53. The molecule has 0 saturated heterocycles. The summed E-state index contributed by atoms with van der Waals surface area (Å²) in [7, 11) is 0. The van der Waals surface area contributed by atoms with Gasteiger partial charge in [0, 0.05) is 5.56 Å². The Hall–Kier alpha value is -1.06. The molecule has 11 heavy (non-hydrogen) atoms. The topological polar surface area (TPSA) is 51.2 Å². The molecule has 3 heteroatoms. The molecular weight excluding hydrogens is 140 g/mol. The van der Waals surface area contributed by atoms with Gasteiger partial charge < -0.3 is 4.42 Å². The predicted octanol–water partition coefficient (Wildman–Crippen LogP) is 1.28. The molecule has 0 fully saturated rings. The van der Waals surface area contributed by atoms with Crippen molar-refractivity contribution in [3.8, 4) is 0 Å². The largest absolute Gasteiger partial charge is 0.469 e. The van der Waals surface area contributed by atoms with Crippen LogP contribution in [0.3, 0.4) is 0 Å². The monoisotopic (exact) mass is 152 g/mol. The summed E-state index contributed by atoms with van der Waals surface area (Å²) in [6.45, 7) is 5.52. The highest BCUT2D eigenvalue weighted by atomic mass is 16.3. The summed E-state index contributed by atoms with van der Waals surface area (Å²) in [5, 5.41) is 0. The van der Waals surface area contributed by atoms with E-state index in [2.05, 4.69) is 12.0 Å². The Labute approximate surface area is 65.9 Å². The molecule has 1 aromatic rings. The molecule has 0 aliphatic rings. The highest BCUT2D eigenvalue weighted by Gasteiger charge is 2.06. The summed E-state index contributed by atoms with van der Waals surface area (Å²) >= 11 is 0. The maximum atomic E-state index is 5.26. The van der Waals surface area contributed by atoms with Crippen molar-refractivity contribution in [3.05, 3.63) is 36.3 Å². The Morgan fingerprint density at radius 3 is 2.91 bits per heavy atom. The number of rotatable bonds is 3. The summed E-state index contributed by atoms with van der Waals surface area (Å²) in [6.07, 6.45) is 3.39. The molecule has 1 aromatic heterocycles. The first-order valence-electron chi connectivity index (χ1n) is 3.41. The van der Waals surface area contributed by atoms with Crippen LogP contribution in [0.2, 0.25) is 0 Å². The van der Waals surface area contributed by atoms with E-state index >= 15 is 0 Å². The van der Waals surface area contributed by atoms with E-state index in [1.807, 2.05) is 13.0 Å². The SMILES string of the molecule is C=CC(NN)c1coc(C)c1. The second-order valence-corrected chi connectivity index (χ2v) is 2.37. The zero-order valence-electron chi connectivity index (χ0n) is 6.50. The van der Waals surface area contributed by atoms with E-state index in [1.54, 1.807) is 12.3 Å². The molecule has 3 nitrogen and oxygen atoms in total. The Kier molecular flexibility index (Phi) is 2.46. The van der Waals surface area contributed by atoms with Crippen LogP contribution in [0.5, 0.6) is 0 Å². The molecule has 0 spiro atoms. The number of aryl methyl sites for hydroxylation is 1. The summed E-state index contributed by atoms with van der Waals surface area (Å²) in [5.74, 6) is 6.14. The average Bonchev–Trinajstić information content (AvgIpc) is 2.39. The van der Waals surface area contributed by atoms with Gasteiger partial charge in [-0.1, -0.05) is 6.08 Å². The summed E-state index contributed by atoms with van der Waals surface area (Å²) in [5.41, 5.74) is 3.60. The van der Waals surface area contributed by atoms with Crippen LogP contribution >= 0.6 is 0 Å². The minimum Gasteiger partial charge on any atom is -0.469 e. The van der Waals surface area contributed by atoms with E-state index in [1.165, 1.54) is 0 Å². The molecule has 1 unspecified atom stereocenters. The minimum atomic E-state index is -0.0209. The lowest BCUT2D eigenvalue weighted by atomic mass is 10.1. The molecule has 0 bridgehead atoms. The highest BCUT2D eigenvalue weighted by Crippen LogP contribution is 2.15. The van der Waals surface area contributed by atoms with Crippen LogP contribution in [0.25, 0.3) is 0 Å². The zero-order valence-corrected chi connectivity index (χ0v) is 6.50. The van der Waals surface area contributed by atoms with Crippen molar-refractivity contribution in [1.29, 1.82) is 0 Å². The fourth-order valence-electron chi connectivity index (χ4n) is 0.927. The van der Waals surface area contributed by atoms with Gasteiger partial charge in [0.05, 0.1) is 12.3 Å². The molecule has 1 atom stereocenters. The Morgan fingerprint density at radius 1 is 1.82 bits per heavy atom. The van der Waals surface area contributed by atoms with E-state index in [0.29, 0.717) is 0 Å². The van der Waals surface area contributed by atoms with Crippen LogP contribution in [0, 0.1) is 6.92 Å². The van der Waals surface area contributed by atoms with E-state index in [4.69, 9.17) is 10.3 Å². The smallest absolute Gasteiger partial charge is 0.101 e.